The third-order valence-corrected chi connectivity index (χ3v) is 3.27. The van der Waals surface area contributed by atoms with Gasteiger partial charge in [0.25, 0.3) is 0 Å². The summed E-state index contributed by atoms with van der Waals surface area (Å²) in [4.78, 5) is 35.8. The first-order valence-corrected chi connectivity index (χ1v) is 6.36. The first-order valence-electron chi connectivity index (χ1n) is 6.36. The van der Waals surface area contributed by atoms with Gasteiger partial charge in [0.2, 0.25) is 5.91 Å². The Morgan fingerprint density at radius 1 is 1.16 bits per heavy atom. The topological polar surface area (TPSA) is 98.7 Å². The smallest absolute Gasteiger partial charge is 0.329 e. The number of hydrogen-bond acceptors (Lipinski definition) is 3. The fraction of sp³-hybridized carbons (Fsp3) is 0.750. The van der Waals surface area contributed by atoms with Crippen molar-refractivity contribution in [1.82, 2.24) is 15.5 Å². The molecular weight excluding hydrogens is 250 g/mol. The number of carbonyl (C=O) groups is 3. The number of nitrogens with zero attached hydrogens (tertiary/aromatic N) is 1. The van der Waals surface area contributed by atoms with Crippen LogP contribution in [0.15, 0.2) is 0 Å². The molecule has 110 valence electrons. The molecule has 0 aromatic rings. The summed E-state index contributed by atoms with van der Waals surface area (Å²) in [7, 11) is 1.63. The zero-order chi connectivity index (χ0) is 15.1. The molecule has 7 heteroatoms. The van der Waals surface area contributed by atoms with Crippen LogP contribution >= 0.6 is 0 Å². The van der Waals surface area contributed by atoms with Crippen molar-refractivity contribution in [3.63, 3.8) is 0 Å². The number of likely N-dealkylation sites (N-methyl/N-ethyl adjacent to an activating group) is 1. The summed E-state index contributed by atoms with van der Waals surface area (Å²) in [6, 6.07) is -0.649. The van der Waals surface area contributed by atoms with E-state index in [0.29, 0.717) is 6.54 Å². The van der Waals surface area contributed by atoms with E-state index in [1.165, 1.54) is 4.90 Å². The summed E-state index contributed by atoms with van der Waals surface area (Å²) in [6.45, 7) is 5.59. The average molecular weight is 273 g/mol. The lowest BCUT2D eigenvalue weighted by Crippen LogP contribution is -2.57. The largest absolute Gasteiger partial charge is 0.480 e. The van der Waals surface area contributed by atoms with Crippen molar-refractivity contribution in [2.75, 3.05) is 20.1 Å². The van der Waals surface area contributed by atoms with Crippen LogP contribution in [0.2, 0.25) is 0 Å². The second-order valence-corrected chi connectivity index (χ2v) is 4.31. The van der Waals surface area contributed by atoms with Crippen LogP contribution in [0.1, 0.15) is 33.6 Å². The molecule has 3 N–H and O–H groups in total. The summed E-state index contributed by atoms with van der Waals surface area (Å²) in [5.41, 5.74) is -1.29. The minimum Gasteiger partial charge on any atom is -0.480 e. The normalized spacial score (nSPS) is 10.7. The summed E-state index contributed by atoms with van der Waals surface area (Å²) < 4.78 is 0. The van der Waals surface area contributed by atoms with Crippen LogP contribution in [0.25, 0.3) is 0 Å². The van der Waals surface area contributed by atoms with Crippen LogP contribution in [-0.4, -0.2) is 53.6 Å². The molecule has 19 heavy (non-hydrogen) atoms. The molecule has 0 aliphatic carbocycles. The highest BCUT2D eigenvalue weighted by molar-refractivity contribution is 5.88. The molecule has 0 saturated heterocycles. The molecule has 0 aromatic heterocycles. The van der Waals surface area contributed by atoms with E-state index in [9.17, 15) is 14.4 Å². The fourth-order valence-electron chi connectivity index (χ4n) is 1.51. The third-order valence-electron chi connectivity index (χ3n) is 3.27. The molecule has 0 heterocycles. The van der Waals surface area contributed by atoms with Gasteiger partial charge in [0, 0.05) is 13.6 Å². The minimum absolute atomic E-state index is 0.153. The molecule has 0 atom stereocenters. The van der Waals surface area contributed by atoms with Crippen LogP contribution in [0.3, 0.4) is 0 Å². The van der Waals surface area contributed by atoms with Gasteiger partial charge in [0.1, 0.15) is 5.54 Å². The van der Waals surface area contributed by atoms with Gasteiger partial charge >= 0.3 is 12.0 Å². The Morgan fingerprint density at radius 2 is 1.68 bits per heavy atom. The number of urea groups is 1. The Hall–Kier alpha value is -1.79. The molecule has 0 spiro atoms. The predicted molar refractivity (Wildman–Crippen MR) is 70.8 cm³/mol. The van der Waals surface area contributed by atoms with E-state index in [2.05, 4.69) is 10.6 Å². The number of rotatable bonds is 7. The van der Waals surface area contributed by atoms with Gasteiger partial charge < -0.3 is 20.6 Å². The monoisotopic (exact) mass is 273 g/mol. The molecule has 0 saturated carbocycles. The fourth-order valence-corrected chi connectivity index (χ4v) is 1.51. The predicted octanol–water partition coefficient (Wildman–Crippen LogP) is 0.407. The molecule has 0 bridgehead atoms. The van der Waals surface area contributed by atoms with Gasteiger partial charge in [-0.3, -0.25) is 4.79 Å². The van der Waals surface area contributed by atoms with Gasteiger partial charge in [-0.25, -0.2) is 9.59 Å². The highest BCUT2D eigenvalue weighted by Crippen LogP contribution is 2.14. The number of amides is 3. The Balaban J connectivity index is 4.45. The molecule has 0 aliphatic rings. The van der Waals surface area contributed by atoms with Gasteiger partial charge in [0.05, 0.1) is 6.54 Å². The van der Waals surface area contributed by atoms with Crippen LogP contribution in [0.4, 0.5) is 4.79 Å². The van der Waals surface area contributed by atoms with E-state index in [1.54, 1.807) is 20.9 Å². The summed E-state index contributed by atoms with van der Waals surface area (Å²) in [6.07, 6.45) is 0.546. The van der Waals surface area contributed by atoms with E-state index >= 15 is 0 Å². The summed E-state index contributed by atoms with van der Waals surface area (Å²) >= 11 is 0. The van der Waals surface area contributed by atoms with Crippen molar-refractivity contribution in [3.8, 4) is 0 Å². The van der Waals surface area contributed by atoms with Crippen LogP contribution in [-0.2, 0) is 9.59 Å². The van der Waals surface area contributed by atoms with E-state index in [1.807, 2.05) is 6.92 Å². The van der Waals surface area contributed by atoms with Gasteiger partial charge in [-0.05, 0) is 19.8 Å². The average Bonchev–Trinajstić information content (AvgIpc) is 2.40. The zero-order valence-corrected chi connectivity index (χ0v) is 11.9. The number of aliphatic carboxylic acids is 1. The number of carboxylic acid groups (broad SMARTS) is 1. The van der Waals surface area contributed by atoms with E-state index in [0.717, 1.165) is 0 Å². The van der Waals surface area contributed by atoms with Crippen LogP contribution < -0.4 is 10.6 Å². The van der Waals surface area contributed by atoms with Crippen LogP contribution in [0, 0.1) is 0 Å². The number of nitrogens with one attached hydrogen (secondary N) is 2. The maximum atomic E-state index is 11.6. The van der Waals surface area contributed by atoms with Crippen molar-refractivity contribution in [1.29, 1.82) is 0 Å². The zero-order valence-electron chi connectivity index (χ0n) is 11.9. The van der Waals surface area contributed by atoms with E-state index < -0.39 is 17.5 Å². The van der Waals surface area contributed by atoms with Crippen molar-refractivity contribution < 1.29 is 19.5 Å². The first kappa shape index (κ1) is 17.2. The second kappa shape index (κ2) is 7.60. The third kappa shape index (κ3) is 4.76. The van der Waals surface area contributed by atoms with Crippen molar-refractivity contribution in [2.45, 2.75) is 39.2 Å². The number of carbonyl (C=O) groups excluding carboxylic acids is 2. The molecule has 7 nitrogen and oxygen atoms in total. The Bertz CT molecular complexity index is 340. The van der Waals surface area contributed by atoms with Gasteiger partial charge in [0.15, 0.2) is 0 Å². The van der Waals surface area contributed by atoms with Crippen molar-refractivity contribution in [3.05, 3.63) is 0 Å². The van der Waals surface area contributed by atoms with E-state index in [-0.39, 0.29) is 25.3 Å². The molecular formula is C12H23N3O4. The standard InChI is InChI=1S/C12H23N3O4/c1-5-12(6-2,10(17)18)14-11(19)13-8-9(16)15(4)7-3/h5-8H2,1-4H3,(H,17,18)(H2,13,14,19). The molecule has 0 unspecified atom stereocenters. The SMILES string of the molecule is CCN(C)C(=O)CNC(=O)NC(CC)(CC)C(=O)O. The molecule has 3 amide bonds. The first-order chi connectivity index (χ1) is 8.82. The lowest BCUT2D eigenvalue weighted by atomic mass is 9.93. The molecule has 0 rings (SSSR count). The summed E-state index contributed by atoms with van der Waals surface area (Å²) in [5.74, 6) is -1.31. The maximum Gasteiger partial charge on any atom is 0.329 e. The van der Waals surface area contributed by atoms with Crippen LogP contribution in [0.5, 0.6) is 0 Å². The quantitative estimate of drug-likeness (QED) is 0.625. The highest BCUT2D eigenvalue weighted by Gasteiger charge is 2.36. The van der Waals surface area contributed by atoms with Gasteiger partial charge in [-0.2, -0.15) is 0 Å². The summed E-state index contributed by atoms with van der Waals surface area (Å²) in [5, 5.41) is 14.0. The van der Waals surface area contributed by atoms with E-state index in [4.69, 9.17) is 5.11 Å². The van der Waals surface area contributed by atoms with Gasteiger partial charge in [-0.1, -0.05) is 13.8 Å². The molecule has 0 fully saturated rings. The number of carboxylic acids is 1. The molecule has 0 radical (unpaired) electrons. The highest BCUT2D eigenvalue weighted by atomic mass is 16.4. The Labute approximate surface area is 113 Å². The molecule has 0 aliphatic heterocycles. The Kier molecular flexibility index (Phi) is 6.89. The Morgan fingerprint density at radius 3 is 2.05 bits per heavy atom. The second-order valence-electron chi connectivity index (χ2n) is 4.31. The number of hydrogen-bond donors (Lipinski definition) is 3. The lowest BCUT2D eigenvalue weighted by molar-refractivity contribution is -0.144. The van der Waals surface area contributed by atoms with Gasteiger partial charge in [-0.15, -0.1) is 0 Å². The van der Waals surface area contributed by atoms with Crippen molar-refractivity contribution >= 4 is 17.9 Å². The van der Waals surface area contributed by atoms with Crippen molar-refractivity contribution in [2.24, 2.45) is 0 Å². The maximum absolute atomic E-state index is 11.6. The minimum atomic E-state index is -1.29. The molecule has 0 aromatic carbocycles. The lowest BCUT2D eigenvalue weighted by Gasteiger charge is -2.28.